The molecule has 1 atom stereocenters. The minimum absolute atomic E-state index is 0.484. The number of hydrogen-bond acceptors (Lipinski definition) is 5. The zero-order valence-electron chi connectivity index (χ0n) is 14.6. The third-order valence-electron chi connectivity index (χ3n) is 3.54. The second kappa shape index (κ2) is 9.38. The van der Waals surface area contributed by atoms with Gasteiger partial charge in [-0.25, -0.2) is 4.98 Å². The van der Waals surface area contributed by atoms with Crippen LogP contribution in [0.1, 0.15) is 44.7 Å². The molecule has 0 radical (unpaired) electrons. The molecule has 0 amide bonds. The third-order valence-corrected chi connectivity index (χ3v) is 4.67. The first-order valence-electron chi connectivity index (χ1n) is 8.14. The largest absolute Gasteiger partial charge is 0.344 e. The summed E-state index contributed by atoms with van der Waals surface area (Å²) in [6, 6.07) is 0.484. The number of aryl methyl sites for hydroxylation is 1. The SMILES string of the molecule is CCCc1nc(N(CC)C(C)CN(C)C)sc1CNCC. The van der Waals surface area contributed by atoms with E-state index in [2.05, 4.69) is 56.9 Å². The monoisotopic (exact) mass is 312 g/mol. The number of likely N-dealkylation sites (N-methyl/N-ethyl adjacent to an activating group) is 2. The van der Waals surface area contributed by atoms with Gasteiger partial charge in [0.2, 0.25) is 0 Å². The van der Waals surface area contributed by atoms with Crippen molar-refractivity contribution in [2.75, 3.05) is 38.6 Å². The zero-order chi connectivity index (χ0) is 15.8. The first-order valence-corrected chi connectivity index (χ1v) is 8.95. The average molecular weight is 313 g/mol. The van der Waals surface area contributed by atoms with Crippen LogP contribution < -0.4 is 10.2 Å². The highest BCUT2D eigenvalue weighted by atomic mass is 32.1. The number of thiazole rings is 1. The summed E-state index contributed by atoms with van der Waals surface area (Å²) in [7, 11) is 4.26. The van der Waals surface area contributed by atoms with Crippen molar-refractivity contribution in [2.45, 2.75) is 53.1 Å². The molecule has 0 aliphatic heterocycles. The molecule has 0 aliphatic carbocycles. The fraction of sp³-hybridized carbons (Fsp3) is 0.812. The minimum Gasteiger partial charge on any atom is -0.344 e. The molecule has 4 nitrogen and oxygen atoms in total. The molecule has 0 aliphatic rings. The molecule has 21 heavy (non-hydrogen) atoms. The van der Waals surface area contributed by atoms with Gasteiger partial charge in [0.15, 0.2) is 5.13 Å². The maximum absolute atomic E-state index is 4.94. The fourth-order valence-electron chi connectivity index (χ4n) is 2.56. The fourth-order valence-corrected chi connectivity index (χ4v) is 3.81. The standard InChI is InChI=1S/C16H32N4S/c1-7-10-14-15(11-17-8-2)21-16(18-14)20(9-3)13(4)12-19(5)6/h13,17H,7-12H2,1-6H3. The third kappa shape index (κ3) is 5.57. The van der Waals surface area contributed by atoms with Crippen molar-refractivity contribution < 1.29 is 0 Å². The van der Waals surface area contributed by atoms with Crippen LogP contribution in [0.3, 0.4) is 0 Å². The van der Waals surface area contributed by atoms with Gasteiger partial charge in [-0.05, 0) is 40.9 Å². The number of nitrogens with one attached hydrogen (secondary N) is 1. The van der Waals surface area contributed by atoms with E-state index in [0.29, 0.717) is 6.04 Å². The van der Waals surface area contributed by atoms with Crippen LogP contribution in [-0.2, 0) is 13.0 Å². The molecule has 1 aromatic rings. The summed E-state index contributed by atoms with van der Waals surface area (Å²) in [6.45, 7) is 12.9. The summed E-state index contributed by atoms with van der Waals surface area (Å²) in [5.74, 6) is 0. The van der Waals surface area contributed by atoms with Crippen LogP contribution in [0.5, 0.6) is 0 Å². The highest BCUT2D eigenvalue weighted by molar-refractivity contribution is 7.15. The van der Waals surface area contributed by atoms with Crippen LogP contribution in [0.15, 0.2) is 0 Å². The lowest BCUT2D eigenvalue weighted by atomic mass is 10.2. The Hall–Kier alpha value is -0.650. The highest BCUT2D eigenvalue weighted by Crippen LogP contribution is 2.28. The van der Waals surface area contributed by atoms with Crippen LogP contribution >= 0.6 is 11.3 Å². The number of aromatic nitrogens is 1. The van der Waals surface area contributed by atoms with E-state index in [-0.39, 0.29) is 0 Å². The van der Waals surface area contributed by atoms with E-state index in [1.165, 1.54) is 15.7 Å². The van der Waals surface area contributed by atoms with Crippen molar-refractivity contribution >= 4 is 16.5 Å². The quantitative estimate of drug-likeness (QED) is 0.720. The first kappa shape index (κ1) is 18.4. The number of rotatable bonds is 10. The van der Waals surface area contributed by atoms with Gasteiger partial charge in [0.05, 0.1) is 5.69 Å². The molecule has 1 heterocycles. The number of nitrogens with zero attached hydrogens (tertiary/aromatic N) is 3. The molecule has 1 aromatic heterocycles. The molecule has 0 saturated carbocycles. The Balaban J connectivity index is 2.92. The lowest BCUT2D eigenvalue weighted by Gasteiger charge is -2.29. The van der Waals surface area contributed by atoms with Crippen molar-refractivity contribution in [1.82, 2.24) is 15.2 Å². The number of hydrogen-bond donors (Lipinski definition) is 1. The number of anilines is 1. The van der Waals surface area contributed by atoms with E-state index in [9.17, 15) is 0 Å². The van der Waals surface area contributed by atoms with E-state index in [0.717, 1.165) is 39.0 Å². The van der Waals surface area contributed by atoms with E-state index in [1.807, 2.05) is 11.3 Å². The van der Waals surface area contributed by atoms with Crippen molar-refractivity contribution in [1.29, 1.82) is 0 Å². The summed E-state index contributed by atoms with van der Waals surface area (Å²) in [5, 5.41) is 4.62. The molecule has 122 valence electrons. The van der Waals surface area contributed by atoms with Gasteiger partial charge in [-0.15, -0.1) is 11.3 Å². The van der Waals surface area contributed by atoms with Gasteiger partial charge in [0, 0.05) is 30.6 Å². The maximum atomic E-state index is 4.94. The van der Waals surface area contributed by atoms with Crippen molar-refractivity contribution in [3.63, 3.8) is 0 Å². The Morgan fingerprint density at radius 3 is 2.48 bits per heavy atom. The van der Waals surface area contributed by atoms with Gasteiger partial charge in [-0.1, -0.05) is 20.3 Å². The Labute approximate surface area is 134 Å². The van der Waals surface area contributed by atoms with Gasteiger partial charge in [0.1, 0.15) is 0 Å². The second-order valence-electron chi connectivity index (χ2n) is 5.79. The Morgan fingerprint density at radius 2 is 1.95 bits per heavy atom. The van der Waals surface area contributed by atoms with E-state index >= 15 is 0 Å². The average Bonchev–Trinajstić information content (AvgIpc) is 2.79. The Bertz CT molecular complexity index is 403. The van der Waals surface area contributed by atoms with E-state index < -0.39 is 0 Å². The van der Waals surface area contributed by atoms with Gasteiger partial charge in [0.25, 0.3) is 0 Å². The first-order chi connectivity index (χ1) is 10.0. The normalized spacial score (nSPS) is 12.9. The van der Waals surface area contributed by atoms with E-state index in [4.69, 9.17) is 4.98 Å². The molecular weight excluding hydrogens is 280 g/mol. The summed E-state index contributed by atoms with van der Waals surface area (Å²) in [4.78, 5) is 11.0. The van der Waals surface area contributed by atoms with Crippen molar-refractivity contribution in [2.24, 2.45) is 0 Å². The summed E-state index contributed by atoms with van der Waals surface area (Å²) >= 11 is 1.86. The lowest BCUT2D eigenvalue weighted by molar-refractivity contribution is 0.373. The van der Waals surface area contributed by atoms with Crippen LogP contribution in [0, 0.1) is 0 Å². The predicted octanol–water partition coefficient (Wildman–Crippen LogP) is 2.98. The molecule has 5 heteroatoms. The van der Waals surface area contributed by atoms with Crippen LogP contribution in [0.4, 0.5) is 5.13 Å². The van der Waals surface area contributed by atoms with Gasteiger partial charge < -0.3 is 15.1 Å². The zero-order valence-corrected chi connectivity index (χ0v) is 15.4. The highest BCUT2D eigenvalue weighted by Gasteiger charge is 2.19. The molecule has 1 unspecified atom stereocenters. The molecule has 1 rings (SSSR count). The molecule has 0 saturated heterocycles. The summed E-state index contributed by atoms with van der Waals surface area (Å²) in [6.07, 6.45) is 2.23. The maximum Gasteiger partial charge on any atom is 0.186 e. The molecule has 1 N–H and O–H groups in total. The lowest BCUT2D eigenvalue weighted by Crippen LogP contribution is -2.40. The van der Waals surface area contributed by atoms with Crippen LogP contribution in [0.25, 0.3) is 0 Å². The van der Waals surface area contributed by atoms with Crippen LogP contribution in [0.2, 0.25) is 0 Å². The van der Waals surface area contributed by atoms with Gasteiger partial charge >= 0.3 is 0 Å². The van der Waals surface area contributed by atoms with Gasteiger partial charge in [-0.3, -0.25) is 0 Å². The second-order valence-corrected chi connectivity index (χ2v) is 6.86. The topological polar surface area (TPSA) is 31.4 Å². The Morgan fingerprint density at radius 1 is 1.24 bits per heavy atom. The molecule has 0 bridgehead atoms. The van der Waals surface area contributed by atoms with E-state index in [1.54, 1.807) is 0 Å². The predicted molar refractivity (Wildman–Crippen MR) is 94.5 cm³/mol. The summed E-state index contributed by atoms with van der Waals surface area (Å²) in [5.41, 5.74) is 1.29. The molecule has 0 spiro atoms. The van der Waals surface area contributed by atoms with Crippen molar-refractivity contribution in [3.05, 3.63) is 10.6 Å². The van der Waals surface area contributed by atoms with Crippen LogP contribution in [-0.4, -0.2) is 49.7 Å². The Kier molecular flexibility index (Phi) is 8.22. The summed E-state index contributed by atoms with van der Waals surface area (Å²) < 4.78 is 0. The minimum atomic E-state index is 0.484. The van der Waals surface area contributed by atoms with Crippen molar-refractivity contribution in [3.8, 4) is 0 Å². The smallest absolute Gasteiger partial charge is 0.186 e. The van der Waals surface area contributed by atoms with Gasteiger partial charge in [-0.2, -0.15) is 0 Å². The molecule has 0 aromatic carbocycles. The molecule has 0 fully saturated rings. The molecular formula is C16H32N4S.